The number of carbonyl (C=O) groups excluding carboxylic acids is 5. The van der Waals surface area contributed by atoms with Crippen LogP contribution in [0.4, 0.5) is 4.79 Å². The zero-order valence-corrected chi connectivity index (χ0v) is 28.8. The normalized spacial score (nSPS) is 14.7. The van der Waals surface area contributed by atoms with Gasteiger partial charge in [0.15, 0.2) is 23.1 Å². The number of benzene rings is 2. The van der Waals surface area contributed by atoms with Crippen molar-refractivity contribution in [3.05, 3.63) is 93.1 Å². The zero-order valence-electron chi connectivity index (χ0n) is 28.8. The van der Waals surface area contributed by atoms with E-state index in [-0.39, 0.29) is 23.1 Å². The second kappa shape index (κ2) is 17.7. The number of ether oxygens (including phenoxy) is 1. The van der Waals surface area contributed by atoms with Crippen molar-refractivity contribution < 1.29 is 34.4 Å². The molecule has 0 fully saturated rings. The Labute approximate surface area is 279 Å². The van der Waals surface area contributed by atoms with Gasteiger partial charge in [-0.25, -0.2) is 4.79 Å². The summed E-state index contributed by atoms with van der Waals surface area (Å²) in [5, 5.41) is 2.66. The Kier molecular flexibility index (Phi) is 14.0. The van der Waals surface area contributed by atoms with Crippen LogP contribution in [-0.2, 0) is 27.2 Å². The van der Waals surface area contributed by atoms with Gasteiger partial charge in [-0.1, -0.05) is 59.7 Å². The molecule has 0 spiro atoms. The Morgan fingerprint density at radius 1 is 0.702 bits per heavy atom. The number of carbonyl (C=O) groups is 5. The van der Waals surface area contributed by atoms with E-state index in [4.69, 9.17) is 4.74 Å². The van der Waals surface area contributed by atoms with Crippen LogP contribution in [0.5, 0.6) is 0 Å². The Morgan fingerprint density at radius 3 is 1.49 bits per heavy atom. The monoisotopic (exact) mass is 643 g/mol. The maximum absolute atomic E-state index is 12.3. The van der Waals surface area contributed by atoms with Crippen molar-refractivity contribution in [3.63, 3.8) is 0 Å². The molecule has 0 saturated carbocycles. The standard InChI is InChI=1S/C22H29NO4.C17H21NO2/c1-15-18(11-12-19(15)24)14-16-7-9-17(10-8-16)20(25)6-5-13-23-21(26)27-22(2,3)4;1-12-15(8-9-16(12)19)11-13-4-6-14(7-5-13)17(20)3-2-10-18/h7-10H,5-6,11-14H2,1-4H3,(H,23,26);4-7H,2-3,8-11,18H2,1H3/p+1. The second-order valence-electron chi connectivity index (χ2n) is 13.4. The molecule has 0 aliphatic heterocycles. The van der Waals surface area contributed by atoms with E-state index in [0.29, 0.717) is 44.2 Å². The number of ketones is 4. The molecule has 4 rings (SSSR count). The summed E-state index contributed by atoms with van der Waals surface area (Å²) in [4.78, 5) is 58.8. The van der Waals surface area contributed by atoms with E-state index in [0.717, 1.165) is 60.9 Å². The number of rotatable bonds is 13. The molecule has 0 heterocycles. The lowest BCUT2D eigenvalue weighted by Gasteiger charge is -2.19. The molecule has 8 nitrogen and oxygen atoms in total. The molecule has 1 amide bonds. The van der Waals surface area contributed by atoms with Crippen molar-refractivity contribution in [3.8, 4) is 0 Å². The van der Waals surface area contributed by atoms with Crippen molar-refractivity contribution in [2.45, 2.75) is 104 Å². The van der Waals surface area contributed by atoms with E-state index in [2.05, 4.69) is 11.1 Å². The van der Waals surface area contributed by atoms with Gasteiger partial charge in [-0.2, -0.15) is 0 Å². The van der Waals surface area contributed by atoms with Gasteiger partial charge >= 0.3 is 6.09 Å². The highest BCUT2D eigenvalue weighted by Gasteiger charge is 2.20. The first-order valence-electron chi connectivity index (χ1n) is 16.7. The van der Waals surface area contributed by atoms with Crippen LogP contribution >= 0.6 is 0 Å². The number of hydrogen-bond acceptors (Lipinski definition) is 6. The molecule has 47 heavy (non-hydrogen) atoms. The predicted octanol–water partition coefficient (Wildman–Crippen LogP) is 6.51. The number of allylic oxidation sites excluding steroid dienone is 4. The van der Waals surface area contributed by atoms with Crippen molar-refractivity contribution in [2.75, 3.05) is 13.1 Å². The number of quaternary nitrogens is 1. The van der Waals surface area contributed by atoms with Crippen molar-refractivity contribution >= 4 is 29.2 Å². The lowest BCUT2D eigenvalue weighted by Crippen LogP contribution is -2.50. The first-order chi connectivity index (χ1) is 22.3. The third kappa shape index (κ3) is 12.2. The molecular weight excluding hydrogens is 592 g/mol. The highest BCUT2D eigenvalue weighted by molar-refractivity contribution is 5.99. The van der Waals surface area contributed by atoms with Gasteiger partial charge in [0.1, 0.15) is 5.60 Å². The predicted molar refractivity (Wildman–Crippen MR) is 183 cm³/mol. The molecule has 0 unspecified atom stereocenters. The van der Waals surface area contributed by atoms with Crippen LogP contribution in [0.3, 0.4) is 0 Å². The van der Waals surface area contributed by atoms with E-state index in [1.54, 1.807) is 0 Å². The largest absolute Gasteiger partial charge is 0.444 e. The lowest BCUT2D eigenvalue weighted by molar-refractivity contribution is -0.368. The van der Waals surface area contributed by atoms with Crippen molar-refractivity contribution in [2.24, 2.45) is 0 Å². The highest BCUT2D eigenvalue weighted by Crippen LogP contribution is 2.27. The first kappa shape index (κ1) is 37.3. The van der Waals surface area contributed by atoms with Gasteiger partial charge < -0.3 is 15.8 Å². The van der Waals surface area contributed by atoms with E-state index < -0.39 is 11.7 Å². The third-order valence-corrected chi connectivity index (χ3v) is 8.49. The molecule has 2 aliphatic carbocycles. The minimum Gasteiger partial charge on any atom is -0.444 e. The number of nitrogens with one attached hydrogen (secondary N) is 1. The molecule has 2 aliphatic rings. The number of amides is 1. The number of Topliss-reactive ketones (excluding diaryl/α,β-unsaturated/α-hetero) is 4. The molecule has 2 aromatic carbocycles. The topological polar surface area (TPSA) is 134 Å². The third-order valence-electron chi connectivity index (χ3n) is 8.49. The van der Waals surface area contributed by atoms with Gasteiger partial charge in [0.25, 0.3) is 0 Å². The minimum atomic E-state index is -0.526. The summed E-state index contributed by atoms with van der Waals surface area (Å²) in [6.45, 7) is 10.4. The fraction of sp³-hybridized carbons (Fsp3) is 0.462. The van der Waals surface area contributed by atoms with Crippen LogP contribution in [0.15, 0.2) is 70.8 Å². The average Bonchev–Trinajstić information content (AvgIpc) is 3.52. The van der Waals surface area contributed by atoms with E-state index >= 15 is 0 Å². The molecule has 2 aromatic rings. The highest BCUT2D eigenvalue weighted by atomic mass is 16.6. The molecule has 0 atom stereocenters. The van der Waals surface area contributed by atoms with E-state index in [1.807, 2.05) is 83.1 Å². The maximum atomic E-state index is 12.3. The quantitative estimate of drug-likeness (QED) is 0.189. The SMILES string of the molecule is CC1=C(Cc2ccc(C(=O)CCCNC(=O)OC(C)(C)C)cc2)CCC1=O.CC1=C(Cc2ccc(C(=O)CCC[NH3+])cc2)CCC1=O. The fourth-order valence-electron chi connectivity index (χ4n) is 5.55. The van der Waals surface area contributed by atoms with Gasteiger partial charge in [0.05, 0.1) is 6.54 Å². The van der Waals surface area contributed by atoms with Crippen molar-refractivity contribution in [1.82, 2.24) is 5.32 Å². The van der Waals surface area contributed by atoms with Gasteiger partial charge in [0, 0.05) is 49.8 Å². The molecule has 0 aromatic heterocycles. The van der Waals surface area contributed by atoms with Crippen LogP contribution in [0.1, 0.15) is 118 Å². The minimum absolute atomic E-state index is 0.0546. The van der Waals surface area contributed by atoms with Crippen LogP contribution < -0.4 is 11.1 Å². The Bertz CT molecular complexity index is 1510. The Balaban J connectivity index is 0.000000267. The summed E-state index contributed by atoms with van der Waals surface area (Å²) in [5.74, 6) is 0.766. The summed E-state index contributed by atoms with van der Waals surface area (Å²) in [7, 11) is 0. The molecule has 0 radical (unpaired) electrons. The smallest absolute Gasteiger partial charge is 0.407 e. The summed E-state index contributed by atoms with van der Waals surface area (Å²) in [6, 6.07) is 15.4. The molecule has 252 valence electrons. The summed E-state index contributed by atoms with van der Waals surface area (Å²) in [6.07, 6.45) is 6.48. The molecular formula is C39H51N2O6+. The molecule has 0 saturated heterocycles. The van der Waals surface area contributed by atoms with Crippen LogP contribution in [0.25, 0.3) is 0 Å². The van der Waals surface area contributed by atoms with Crippen LogP contribution in [-0.4, -0.2) is 47.9 Å². The summed E-state index contributed by atoms with van der Waals surface area (Å²) >= 11 is 0. The lowest BCUT2D eigenvalue weighted by atomic mass is 9.99. The summed E-state index contributed by atoms with van der Waals surface area (Å²) in [5.41, 5.74) is 11.2. The second-order valence-corrected chi connectivity index (χ2v) is 13.4. The first-order valence-corrected chi connectivity index (χ1v) is 16.7. The van der Waals surface area contributed by atoms with Crippen LogP contribution in [0, 0.1) is 0 Å². The fourth-order valence-corrected chi connectivity index (χ4v) is 5.55. The van der Waals surface area contributed by atoms with Crippen LogP contribution in [0.2, 0.25) is 0 Å². The maximum Gasteiger partial charge on any atom is 0.407 e. The van der Waals surface area contributed by atoms with Gasteiger partial charge in [-0.05, 0) is 89.0 Å². The van der Waals surface area contributed by atoms with Crippen molar-refractivity contribution in [1.29, 1.82) is 0 Å². The van der Waals surface area contributed by atoms with Gasteiger partial charge in [-0.3, -0.25) is 19.2 Å². The number of hydrogen-bond donors (Lipinski definition) is 2. The summed E-state index contributed by atoms with van der Waals surface area (Å²) < 4.78 is 5.15. The molecule has 8 heteroatoms. The molecule has 0 bridgehead atoms. The van der Waals surface area contributed by atoms with Gasteiger partial charge in [-0.15, -0.1) is 0 Å². The van der Waals surface area contributed by atoms with E-state index in [9.17, 15) is 24.0 Å². The molecule has 4 N–H and O–H groups in total. The van der Waals surface area contributed by atoms with Gasteiger partial charge in [0.2, 0.25) is 0 Å². The average molecular weight is 644 g/mol. The Hall–Kier alpha value is -4.17. The zero-order chi connectivity index (χ0) is 34.6. The Morgan fingerprint density at radius 2 is 1.13 bits per heavy atom. The number of alkyl carbamates (subject to hydrolysis) is 1. The van der Waals surface area contributed by atoms with E-state index in [1.165, 1.54) is 16.7 Å².